The first-order chi connectivity index (χ1) is 11.1. The highest BCUT2D eigenvalue weighted by atomic mass is 79.9. The van der Waals surface area contributed by atoms with E-state index in [4.69, 9.17) is 0 Å². The van der Waals surface area contributed by atoms with Gasteiger partial charge in [0.25, 0.3) is 0 Å². The molecule has 0 saturated heterocycles. The molecule has 6 heteroatoms. The van der Waals surface area contributed by atoms with Gasteiger partial charge >= 0.3 is 0 Å². The molecule has 0 atom stereocenters. The number of nitrogens with zero attached hydrogens (tertiary/aromatic N) is 1. The number of thiazole rings is 1. The first-order valence-corrected chi connectivity index (χ1v) is 8.63. The van der Waals surface area contributed by atoms with Gasteiger partial charge in [0.2, 0.25) is 5.91 Å². The Balaban J connectivity index is 1.78. The van der Waals surface area contributed by atoms with Crippen molar-refractivity contribution in [2.75, 3.05) is 10.6 Å². The normalized spacial score (nSPS) is 10.3. The zero-order valence-electron chi connectivity index (χ0n) is 12.3. The Labute approximate surface area is 146 Å². The number of halogens is 1. The number of anilines is 3. The van der Waals surface area contributed by atoms with Gasteiger partial charge in [-0.25, -0.2) is 4.98 Å². The fourth-order valence-corrected chi connectivity index (χ4v) is 3.08. The summed E-state index contributed by atoms with van der Waals surface area (Å²) < 4.78 is 1.04. The molecule has 0 bridgehead atoms. The Morgan fingerprint density at radius 3 is 2.65 bits per heavy atom. The molecule has 0 radical (unpaired) electrons. The topological polar surface area (TPSA) is 54.0 Å². The fourth-order valence-electron chi connectivity index (χ4n) is 2.08. The summed E-state index contributed by atoms with van der Waals surface area (Å²) in [7, 11) is 0. The number of benzene rings is 2. The highest BCUT2D eigenvalue weighted by molar-refractivity contribution is 9.10. The van der Waals surface area contributed by atoms with Crippen molar-refractivity contribution in [2.45, 2.75) is 6.92 Å². The van der Waals surface area contributed by atoms with Crippen LogP contribution in [0.4, 0.5) is 16.5 Å². The summed E-state index contributed by atoms with van der Waals surface area (Å²) in [4.78, 5) is 15.8. The molecule has 116 valence electrons. The lowest BCUT2D eigenvalue weighted by molar-refractivity contribution is -0.114. The lowest BCUT2D eigenvalue weighted by atomic mass is 10.1. The number of carbonyl (C=O) groups is 1. The molecular formula is C17H14BrN3OS. The van der Waals surface area contributed by atoms with Gasteiger partial charge in [-0.2, -0.15) is 0 Å². The van der Waals surface area contributed by atoms with E-state index >= 15 is 0 Å². The first-order valence-electron chi connectivity index (χ1n) is 6.96. The van der Waals surface area contributed by atoms with Crippen LogP contribution in [0.2, 0.25) is 0 Å². The van der Waals surface area contributed by atoms with E-state index in [-0.39, 0.29) is 5.91 Å². The molecule has 1 aromatic heterocycles. The first kappa shape index (κ1) is 15.7. The van der Waals surface area contributed by atoms with E-state index in [0.29, 0.717) is 0 Å². The van der Waals surface area contributed by atoms with Crippen molar-refractivity contribution < 1.29 is 4.79 Å². The minimum absolute atomic E-state index is 0.0852. The van der Waals surface area contributed by atoms with E-state index in [2.05, 4.69) is 31.5 Å². The van der Waals surface area contributed by atoms with E-state index in [1.807, 2.05) is 53.9 Å². The van der Waals surface area contributed by atoms with Gasteiger partial charge in [-0.05, 0) is 36.4 Å². The highest BCUT2D eigenvalue weighted by Crippen LogP contribution is 2.28. The third-order valence-corrected chi connectivity index (χ3v) is 4.36. The maximum atomic E-state index is 11.2. The standard InChI is InChI=1S/C17H14BrN3OS/c1-11(22)19-15-4-2-3-12(9-15)16-10-23-17(21-16)20-14-7-5-13(18)6-8-14/h2-10H,1H3,(H,19,22)(H,20,21). The summed E-state index contributed by atoms with van der Waals surface area (Å²) in [5, 5.41) is 8.89. The predicted molar refractivity (Wildman–Crippen MR) is 99.3 cm³/mol. The molecule has 0 spiro atoms. The number of aromatic nitrogens is 1. The maximum Gasteiger partial charge on any atom is 0.221 e. The van der Waals surface area contributed by atoms with Gasteiger partial charge in [0, 0.05) is 33.7 Å². The third-order valence-electron chi connectivity index (χ3n) is 3.08. The molecule has 2 N–H and O–H groups in total. The van der Waals surface area contributed by atoms with Crippen LogP contribution >= 0.6 is 27.3 Å². The Bertz CT molecular complexity index is 830. The van der Waals surface area contributed by atoms with Crippen LogP contribution in [0.5, 0.6) is 0 Å². The largest absolute Gasteiger partial charge is 0.332 e. The molecule has 2 aromatic carbocycles. The van der Waals surface area contributed by atoms with Crippen LogP contribution in [0.25, 0.3) is 11.3 Å². The second kappa shape index (κ2) is 6.93. The minimum Gasteiger partial charge on any atom is -0.332 e. The van der Waals surface area contributed by atoms with Crippen molar-refractivity contribution in [3.63, 3.8) is 0 Å². The highest BCUT2D eigenvalue weighted by Gasteiger charge is 2.06. The van der Waals surface area contributed by atoms with Gasteiger partial charge in [0.1, 0.15) is 0 Å². The van der Waals surface area contributed by atoms with Crippen molar-refractivity contribution >= 4 is 49.7 Å². The van der Waals surface area contributed by atoms with Gasteiger partial charge < -0.3 is 10.6 Å². The molecule has 1 amide bonds. The molecule has 4 nitrogen and oxygen atoms in total. The summed E-state index contributed by atoms with van der Waals surface area (Å²) in [6.07, 6.45) is 0. The number of rotatable bonds is 4. The van der Waals surface area contributed by atoms with E-state index < -0.39 is 0 Å². The number of amides is 1. The van der Waals surface area contributed by atoms with Gasteiger partial charge in [-0.1, -0.05) is 28.1 Å². The summed E-state index contributed by atoms with van der Waals surface area (Å²) in [6, 6.07) is 15.6. The molecule has 3 rings (SSSR count). The van der Waals surface area contributed by atoms with Crippen LogP contribution in [0.3, 0.4) is 0 Å². The quantitative estimate of drug-likeness (QED) is 0.640. The Morgan fingerprint density at radius 2 is 1.91 bits per heavy atom. The van der Waals surface area contributed by atoms with Crippen molar-refractivity contribution in [2.24, 2.45) is 0 Å². The van der Waals surface area contributed by atoms with Crippen LogP contribution in [-0.2, 0) is 4.79 Å². The zero-order chi connectivity index (χ0) is 16.2. The lowest BCUT2D eigenvalue weighted by Crippen LogP contribution is -2.05. The Hall–Kier alpha value is -2.18. The lowest BCUT2D eigenvalue weighted by Gasteiger charge is -2.04. The van der Waals surface area contributed by atoms with Gasteiger partial charge in [0.15, 0.2) is 5.13 Å². The molecular weight excluding hydrogens is 374 g/mol. The zero-order valence-corrected chi connectivity index (χ0v) is 14.7. The average Bonchev–Trinajstić information content (AvgIpc) is 2.98. The summed E-state index contributed by atoms with van der Waals surface area (Å²) >= 11 is 4.96. The number of nitrogens with one attached hydrogen (secondary N) is 2. The SMILES string of the molecule is CC(=O)Nc1cccc(-c2csc(Nc3ccc(Br)cc3)n2)c1. The van der Waals surface area contributed by atoms with E-state index in [1.165, 1.54) is 6.92 Å². The Kier molecular flexibility index (Phi) is 4.73. The second-order valence-electron chi connectivity index (χ2n) is 4.93. The molecule has 0 saturated carbocycles. The fraction of sp³-hybridized carbons (Fsp3) is 0.0588. The molecule has 0 aliphatic carbocycles. The van der Waals surface area contributed by atoms with E-state index in [1.54, 1.807) is 11.3 Å². The predicted octanol–water partition coefficient (Wildman–Crippen LogP) is 5.27. The van der Waals surface area contributed by atoms with Crippen LogP contribution in [0.15, 0.2) is 58.4 Å². The number of hydrogen-bond acceptors (Lipinski definition) is 4. The van der Waals surface area contributed by atoms with Crippen molar-refractivity contribution in [3.05, 3.63) is 58.4 Å². The van der Waals surface area contributed by atoms with Gasteiger partial charge in [-0.15, -0.1) is 11.3 Å². The van der Waals surface area contributed by atoms with Gasteiger partial charge in [0.05, 0.1) is 5.69 Å². The molecule has 0 fully saturated rings. The summed E-state index contributed by atoms with van der Waals surface area (Å²) in [6.45, 7) is 1.50. The molecule has 0 aliphatic heterocycles. The van der Waals surface area contributed by atoms with Crippen LogP contribution in [-0.4, -0.2) is 10.9 Å². The summed E-state index contributed by atoms with van der Waals surface area (Å²) in [5.41, 5.74) is 3.60. The van der Waals surface area contributed by atoms with Crippen molar-refractivity contribution in [1.29, 1.82) is 0 Å². The maximum absolute atomic E-state index is 11.2. The smallest absolute Gasteiger partial charge is 0.221 e. The second-order valence-corrected chi connectivity index (χ2v) is 6.71. The van der Waals surface area contributed by atoms with E-state index in [0.717, 1.165) is 32.2 Å². The van der Waals surface area contributed by atoms with Gasteiger partial charge in [-0.3, -0.25) is 4.79 Å². The van der Waals surface area contributed by atoms with Crippen LogP contribution < -0.4 is 10.6 Å². The molecule has 3 aromatic rings. The summed E-state index contributed by atoms with van der Waals surface area (Å²) in [5.74, 6) is -0.0852. The van der Waals surface area contributed by atoms with Crippen LogP contribution in [0.1, 0.15) is 6.92 Å². The molecule has 1 heterocycles. The molecule has 0 aliphatic rings. The number of hydrogen-bond donors (Lipinski definition) is 2. The van der Waals surface area contributed by atoms with Crippen molar-refractivity contribution in [1.82, 2.24) is 4.98 Å². The van der Waals surface area contributed by atoms with Crippen LogP contribution in [0, 0.1) is 0 Å². The molecule has 0 unspecified atom stereocenters. The van der Waals surface area contributed by atoms with E-state index in [9.17, 15) is 4.79 Å². The Morgan fingerprint density at radius 1 is 1.13 bits per heavy atom. The monoisotopic (exact) mass is 387 g/mol. The van der Waals surface area contributed by atoms with Crippen molar-refractivity contribution in [3.8, 4) is 11.3 Å². The number of carbonyl (C=O) groups excluding carboxylic acids is 1. The minimum atomic E-state index is -0.0852. The third kappa shape index (κ3) is 4.18. The average molecular weight is 388 g/mol. The molecule has 23 heavy (non-hydrogen) atoms.